The first kappa shape index (κ1) is 10.2. The summed E-state index contributed by atoms with van der Waals surface area (Å²) in [5.74, 6) is 1.58. The monoisotopic (exact) mass is 194 g/mol. The lowest BCUT2D eigenvalue weighted by Crippen LogP contribution is -2.41. The second-order valence-electron chi connectivity index (χ2n) is 5.56. The van der Waals surface area contributed by atoms with Gasteiger partial charge in [-0.3, -0.25) is 0 Å². The van der Waals surface area contributed by atoms with Crippen molar-refractivity contribution in [3.63, 3.8) is 0 Å². The van der Waals surface area contributed by atoms with Crippen LogP contribution in [0.15, 0.2) is 12.2 Å². The molecule has 0 aliphatic heterocycles. The second-order valence-corrected chi connectivity index (χ2v) is 5.56. The van der Waals surface area contributed by atoms with Crippen LogP contribution in [0.25, 0.3) is 0 Å². The fourth-order valence-electron chi connectivity index (χ4n) is 3.58. The van der Waals surface area contributed by atoms with Crippen LogP contribution >= 0.6 is 0 Å². The fourth-order valence-corrected chi connectivity index (χ4v) is 3.58. The lowest BCUT2D eigenvalue weighted by molar-refractivity contribution is -0.00846. The third kappa shape index (κ3) is 1.63. The minimum Gasteiger partial charge on any atom is -0.396 e. The van der Waals surface area contributed by atoms with Gasteiger partial charge in [0.25, 0.3) is 0 Å². The van der Waals surface area contributed by atoms with Gasteiger partial charge < -0.3 is 5.11 Å². The zero-order chi connectivity index (χ0) is 10.2. The van der Waals surface area contributed by atoms with Crippen LogP contribution in [0.1, 0.15) is 45.4 Å². The van der Waals surface area contributed by atoms with E-state index >= 15 is 0 Å². The van der Waals surface area contributed by atoms with Gasteiger partial charge in [0, 0.05) is 6.61 Å². The first-order chi connectivity index (χ1) is 6.65. The summed E-state index contributed by atoms with van der Waals surface area (Å²) in [6.45, 7) is 6.77. The predicted octanol–water partition coefficient (Wildman–Crippen LogP) is 3.14. The van der Waals surface area contributed by atoms with Crippen molar-refractivity contribution in [2.45, 2.75) is 45.4 Å². The van der Waals surface area contributed by atoms with E-state index in [1.807, 2.05) is 0 Å². The molecule has 0 heterocycles. The van der Waals surface area contributed by atoms with E-state index in [0.717, 1.165) is 11.8 Å². The lowest BCUT2D eigenvalue weighted by Gasteiger charge is -2.48. The highest BCUT2D eigenvalue weighted by Gasteiger charge is 2.42. The number of aliphatic hydroxyl groups excluding tert-OH is 1. The first-order valence-corrected chi connectivity index (χ1v) is 5.93. The smallest absolute Gasteiger partial charge is 0.0487 e. The average Bonchev–Trinajstić information content (AvgIpc) is 2.18. The number of rotatable bonds is 1. The summed E-state index contributed by atoms with van der Waals surface area (Å²) >= 11 is 0. The summed E-state index contributed by atoms with van der Waals surface area (Å²) in [6, 6.07) is 0. The molecule has 0 bridgehead atoms. The van der Waals surface area contributed by atoms with Crippen LogP contribution in [0.4, 0.5) is 0 Å². The maximum absolute atomic E-state index is 9.53. The van der Waals surface area contributed by atoms with Gasteiger partial charge in [-0.05, 0) is 49.4 Å². The Bertz CT molecular complexity index is 233. The molecule has 14 heavy (non-hydrogen) atoms. The summed E-state index contributed by atoms with van der Waals surface area (Å²) in [5.41, 5.74) is 1.65. The fraction of sp³-hybridized carbons (Fsp3) is 0.846. The molecule has 2 rings (SSSR count). The van der Waals surface area contributed by atoms with Crippen molar-refractivity contribution in [1.29, 1.82) is 0 Å². The normalized spacial score (nSPS) is 43.4. The van der Waals surface area contributed by atoms with E-state index in [1.165, 1.54) is 44.1 Å². The highest BCUT2D eigenvalue weighted by Crippen LogP contribution is 2.51. The number of aliphatic hydroxyl groups is 1. The molecule has 0 aromatic heterocycles. The van der Waals surface area contributed by atoms with Crippen LogP contribution in [0.3, 0.4) is 0 Å². The van der Waals surface area contributed by atoms with Gasteiger partial charge >= 0.3 is 0 Å². The molecule has 1 N–H and O–H groups in total. The Morgan fingerprint density at radius 2 is 2.29 bits per heavy atom. The molecule has 1 nitrogen and oxygen atoms in total. The van der Waals surface area contributed by atoms with Gasteiger partial charge in [-0.1, -0.05) is 25.5 Å². The first-order valence-electron chi connectivity index (χ1n) is 5.93. The summed E-state index contributed by atoms with van der Waals surface area (Å²) in [7, 11) is 0. The zero-order valence-electron chi connectivity index (χ0n) is 9.26. The summed E-state index contributed by atoms with van der Waals surface area (Å²) < 4.78 is 0. The zero-order valence-corrected chi connectivity index (χ0v) is 9.26. The summed E-state index contributed by atoms with van der Waals surface area (Å²) in [6.07, 6.45) is 7.56. The van der Waals surface area contributed by atoms with Crippen molar-refractivity contribution in [2.24, 2.45) is 17.3 Å². The molecule has 2 saturated carbocycles. The molecule has 2 unspecified atom stereocenters. The minimum absolute atomic E-state index is 0.212. The maximum Gasteiger partial charge on any atom is 0.0487 e. The highest BCUT2D eigenvalue weighted by molar-refractivity contribution is 5.06. The Hall–Kier alpha value is -0.300. The van der Waals surface area contributed by atoms with Gasteiger partial charge in [0.15, 0.2) is 0 Å². The largest absolute Gasteiger partial charge is 0.396 e. The van der Waals surface area contributed by atoms with Gasteiger partial charge in [0.1, 0.15) is 0 Å². The van der Waals surface area contributed by atoms with Gasteiger partial charge in [-0.2, -0.15) is 0 Å². The van der Waals surface area contributed by atoms with E-state index in [-0.39, 0.29) is 5.41 Å². The van der Waals surface area contributed by atoms with E-state index < -0.39 is 0 Å². The standard InChI is InChI=1S/C13H22O/c1-10-5-6-12-11(8-10)4-3-7-13(12,2)9-14/h11-12,14H,1,3-9H2,2H3/t11?,12?,13-/m0/s1. The molecule has 1 heteroatoms. The molecule has 0 radical (unpaired) electrons. The van der Waals surface area contributed by atoms with E-state index in [2.05, 4.69) is 13.5 Å². The van der Waals surface area contributed by atoms with Crippen LogP contribution < -0.4 is 0 Å². The van der Waals surface area contributed by atoms with E-state index in [1.54, 1.807) is 0 Å². The lowest BCUT2D eigenvalue weighted by atomic mass is 9.58. The Labute approximate surface area is 87.2 Å². The molecular weight excluding hydrogens is 172 g/mol. The number of hydrogen-bond donors (Lipinski definition) is 1. The topological polar surface area (TPSA) is 20.2 Å². The van der Waals surface area contributed by atoms with E-state index in [9.17, 15) is 5.11 Å². The van der Waals surface area contributed by atoms with E-state index in [4.69, 9.17) is 0 Å². The molecule has 0 aromatic carbocycles. The van der Waals surface area contributed by atoms with Crippen molar-refractivity contribution in [2.75, 3.05) is 6.61 Å². The predicted molar refractivity (Wildman–Crippen MR) is 59.0 cm³/mol. The van der Waals surface area contributed by atoms with Crippen molar-refractivity contribution in [1.82, 2.24) is 0 Å². The Kier molecular flexibility index (Phi) is 2.70. The van der Waals surface area contributed by atoms with E-state index in [0.29, 0.717) is 6.61 Å². The second kappa shape index (κ2) is 3.69. The number of hydrogen-bond acceptors (Lipinski definition) is 1. The van der Waals surface area contributed by atoms with Crippen LogP contribution in [-0.4, -0.2) is 11.7 Å². The molecule has 2 fully saturated rings. The Morgan fingerprint density at radius 1 is 1.50 bits per heavy atom. The van der Waals surface area contributed by atoms with Crippen molar-refractivity contribution >= 4 is 0 Å². The highest BCUT2D eigenvalue weighted by atomic mass is 16.3. The number of allylic oxidation sites excluding steroid dienone is 1. The summed E-state index contributed by atoms with van der Waals surface area (Å²) in [4.78, 5) is 0. The van der Waals surface area contributed by atoms with Gasteiger partial charge in [0.2, 0.25) is 0 Å². The molecule has 3 atom stereocenters. The number of fused-ring (bicyclic) bond motifs is 1. The molecule has 0 saturated heterocycles. The van der Waals surface area contributed by atoms with Crippen molar-refractivity contribution < 1.29 is 5.11 Å². The molecule has 0 aromatic rings. The SMILES string of the molecule is C=C1CCC2C(CCC[C@@]2(C)CO)C1. The molecule has 2 aliphatic rings. The quantitative estimate of drug-likeness (QED) is 0.636. The van der Waals surface area contributed by atoms with Gasteiger partial charge in [-0.25, -0.2) is 0 Å². The van der Waals surface area contributed by atoms with Crippen LogP contribution in [0.2, 0.25) is 0 Å². The van der Waals surface area contributed by atoms with Gasteiger partial charge in [-0.15, -0.1) is 0 Å². The molecule has 80 valence electrons. The molecule has 2 aliphatic carbocycles. The van der Waals surface area contributed by atoms with Crippen LogP contribution in [-0.2, 0) is 0 Å². The van der Waals surface area contributed by atoms with Crippen molar-refractivity contribution in [3.05, 3.63) is 12.2 Å². The Balaban J connectivity index is 2.13. The van der Waals surface area contributed by atoms with Crippen LogP contribution in [0.5, 0.6) is 0 Å². The van der Waals surface area contributed by atoms with Gasteiger partial charge in [0.05, 0.1) is 0 Å². The molecule has 0 amide bonds. The Morgan fingerprint density at radius 3 is 3.00 bits per heavy atom. The third-order valence-corrected chi connectivity index (χ3v) is 4.51. The maximum atomic E-state index is 9.53. The molecule has 0 spiro atoms. The minimum atomic E-state index is 0.212. The van der Waals surface area contributed by atoms with Crippen molar-refractivity contribution in [3.8, 4) is 0 Å². The van der Waals surface area contributed by atoms with Crippen LogP contribution in [0, 0.1) is 17.3 Å². The third-order valence-electron chi connectivity index (χ3n) is 4.51. The average molecular weight is 194 g/mol. The summed E-state index contributed by atoms with van der Waals surface area (Å²) in [5, 5.41) is 9.53. The molecular formula is C13H22O.